The van der Waals surface area contributed by atoms with E-state index in [-0.39, 0.29) is 25.4 Å². The molecule has 1 aromatic rings. The van der Waals surface area contributed by atoms with Crippen LogP contribution in [0.4, 0.5) is 0 Å². The number of hydrogen-bond donors (Lipinski definition) is 6. The molecule has 0 saturated carbocycles. The number of nitrogens with one attached hydrogen (secondary N) is 4. The molecule has 0 fully saturated rings. The number of hydrogen-bond acceptors (Lipinski definition) is 6. The Morgan fingerprint density at radius 1 is 1.15 bits per heavy atom. The summed E-state index contributed by atoms with van der Waals surface area (Å²) in [4.78, 5) is 54.1. The SMILES string of the molecule is CC(C)C[C@H](NC(=O)[C@H](Cc1cnc[nH]1)NC(=O)CNC(=O)CN)C(N)=O. The molecule has 0 saturated heterocycles. The maximum Gasteiger partial charge on any atom is 0.243 e. The van der Waals surface area contributed by atoms with E-state index in [9.17, 15) is 19.2 Å². The van der Waals surface area contributed by atoms with Crippen molar-refractivity contribution in [3.05, 3.63) is 18.2 Å². The summed E-state index contributed by atoms with van der Waals surface area (Å²) in [7, 11) is 0. The Bertz CT molecular complexity index is 645. The molecule has 0 unspecified atom stereocenters. The lowest BCUT2D eigenvalue weighted by Crippen LogP contribution is -2.55. The quantitative estimate of drug-likeness (QED) is 0.246. The van der Waals surface area contributed by atoms with E-state index in [2.05, 4.69) is 25.9 Å². The highest BCUT2D eigenvalue weighted by Crippen LogP contribution is 2.06. The van der Waals surface area contributed by atoms with Gasteiger partial charge in [0.2, 0.25) is 23.6 Å². The molecule has 1 aromatic heterocycles. The van der Waals surface area contributed by atoms with Crippen molar-refractivity contribution >= 4 is 23.6 Å². The summed E-state index contributed by atoms with van der Waals surface area (Å²) in [6.07, 6.45) is 3.45. The molecule has 4 amide bonds. The lowest BCUT2D eigenvalue weighted by atomic mass is 10.0. The van der Waals surface area contributed by atoms with E-state index in [4.69, 9.17) is 11.5 Å². The Labute approximate surface area is 157 Å². The van der Waals surface area contributed by atoms with Gasteiger partial charge < -0.3 is 32.4 Å². The second kappa shape index (κ2) is 10.9. The van der Waals surface area contributed by atoms with Crippen molar-refractivity contribution in [2.75, 3.05) is 13.1 Å². The van der Waals surface area contributed by atoms with Crippen LogP contribution in [0.15, 0.2) is 12.5 Å². The second-order valence-electron chi connectivity index (χ2n) is 6.48. The van der Waals surface area contributed by atoms with Crippen molar-refractivity contribution in [2.45, 2.75) is 38.8 Å². The number of aromatic nitrogens is 2. The van der Waals surface area contributed by atoms with Crippen molar-refractivity contribution in [3.8, 4) is 0 Å². The molecule has 11 heteroatoms. The fourth-order valence-corrected chi connectivity index (χ4v) is 2.31. The van der Waals surface area contributed by atoms with E-state index in [0.717, 1.165) is 0 Å². The number of amides is 4. The molecule has 0 radical (unpaired) electrons. The van der Waals surface area contributed by atoms with E-state index in [1.54, 1.807) is 0 Å². The number of primary amides is 1. The first kappa shape index (κ1) is 22.1. The molecule has 1 heterocycles. The van der Waals surface area contributed by atoms with Gasteiger partial charge in [-0.1, -0.05) is 13.8 Å². The van der Waals surface area contributed by atoms with Crippen LogP contribution in [-0.4, -0.2) is 58.8 Å². The smallest absolute Gasteiger partial charge is 0.243 e. The Morgan fingerprint density at radius 2 is 1.85 bits per heavy atom. The van der Waals surface area contributed by atoms with Gasteiger partial charge in [0.05, 0.1) is 19.4 Å². The maximum absolute atomic E-state index is 12.6. The molecule has 0 bridgehead atoms. The summed E-state index contributed by atoms with van der Waals surface area (Å²) in [5.74, 6) is -2.15. The van der Waals surface area contributed by atoms with E-state index in [0.29, 0.717) is 12.1 Å². The second-order valence-corrected chi connectivity index (χ2v) is 6.48. The van der Waals surface area contributed by atoms with Crippen LogP contribution in [0.5, 0.6) is 0 Å². The van der Waals surface area contributed by atoms with Crippen molar-refractivity contribution in [2.24, 2.45) is 17.4 Å². The van der Waals surface area contributed by atoms with E-state index < -0.39 is 35.7 Å². The molecule has 0 aromatic carbocycles. The molecule has 150 valence electrons. The zero-order valence-corrected chi connectivity index (χ0v) is 15.5. The average Bonchev–Trinajstić information content (AvgIpc) is 3.10. The number of carbonyl (C=O) groups excluding carboxylic acids is 4. The minimum absolute atomic E-state index is 0.121. The van der Waals surface area contributed by atoms with Gasteiger partial charge in [0.15, 0.2) is 0 Å². The zero-order valence-electron chi connectivity index (χ0n) is 15.5. The summed E-state index contributed by atoms with van der Waals surface area (Å²) in [6, 6.07) is -1.84. The van der Waals surface area contributed by atoms with Gasteiger partial charge in [-0.2, -0.15) is 0 Å². The van der Waals surface area contributed by atoms with Gasteiger partial charge in [0.1, 0.15) is 12.1 Å². The van der Waals surface area contributed by atoms with Crippen LogP contribution in [0.3, 0.4) is 0 Å². The first-order valence-electron chi connectivity index (χ1n) is 8.56. The van der Waals surface area contributed by atoms with Crippen LogP contribution < -0.4 is 27.4 Å². The highest BCUT2D eigenvalue weighted by Gasteiger charge is 2.26. The monoisotopic (exact) mass is 381 g/mol. The van der Waals surface area contributed by atoms with E-state index in [1.807, 2.05) is 13.8 Å². The third-order valence-electron chi connectivity index (χ3n) is 3.63. The number of nitrogens with zero attached hydrogens (tertiary/aromatic N) is 1. The summed E-state index contributed by atoms with van der Waals surface area (Å²) in [6.45, 7) is 3.22. The van der Waals surface area contributed by atoms with Gasteiger partial charge in [-0.25, -0.2) is 4.98 Å². The largest absolute Gasteiger partial charge is 0.368 e. The summed E-state index contributed by atoms with van der Waals surface area (Å²) in [5, 5.41) is 7.42. The third kappa shape index (κ3) is 8.31. The molecule has 0 aliphatic rings. The minimum atomic E-state index is -0.984. The maximum atomic E-state index is 12.6. The van der Waals surface area contributed by atoms with E-state index >= 15 is 0 Å². The number of aromatic amines is 1. The van der Waals surface area contributed by atoms with Crippen molar-refractivity contribution in [1.29, 1.82) is 0 Å². The summed E-state index contributed by atoms with van der Waals surface area (Å²) >= 11 is 0. The molecule has 27 heavy (non-hydrogen) atoms. The lowest BCUT2D eigenvalue weighted by Gasteiger charge is -2.22. The number of imidazole rings is 1. The molecule has 0 aliphatic carbocycles. The van der Waals surface area contributed by atoms with Gasteiger partial charge in [0.25, 0.3) is 0 Å². The Morgan fingerprint density at radius 3 is 2.37 bits per heavy atom. The topological polar surface area (TPSA) is 185 Å². The highest BCUT2D eigenvalue weighted by atomic mass is 16.2. The van der Waals surface area contributed by atoms with Crippen molar-refractivity contribution in [1.82, 2.24) is 25.9 Å². The van der Waals surface area contributed by atoms with Crippen LogP contribution >= 0.6 is 0 Å². The van der Waals surface area contributed by atoms with Gasteiger partial charge in [-0.3, -0.25) is 19.2 Å². The van der Waals surface area contributed by atoms with Crippen LogP contribution in [0.2, 0.25) is 0 Å². The number of carbonyl (C=O) groups is 4. The molecule has 11 nitrogen and oxygen atoms in total. The number of H-pyrrole nitrogens is 1. The average molecular weight is 381 g/mol. The molecular formula is C16H27N7O4. The van der Waals surface area contributed by atoms with Crippen molar-refractivity contribution < 1.29 is 19.2 Å². The highest BCUT2D eigenvalue weighted by molar-refractivity contribution is 5.93. The van der Waals surface area contributed by atoms with Crippen LogP contribution in [0, 0.1) is 5.92 Å². The molecule has 0 aliphatic heterocycles. The van der Waals surface area contributed by atoms with Crippen molar-refractivity contribution in [3.63, 3.8) is 0 Å². The summed E-state index contributed by atoms with van der Waals surface area (Å²) < 4.78 is 0. The molecule has 8 N–H and O–H groups in total. The summed E-state index contributed by atoms with van der Waals surface area (Å²) in [5.41, 5.74) is 11.1. The lowest BCUT2D eigenvalue weighted by molar-refractivity contribution is -0.131. The molecular weight excluding hydrogens is 354 g/mol. The Balaban J connectivity index is 2.80. The fraction of sp³-hybridized carbons (Fsp3) is 0.562. The first-order chi connectivity index (χ1) is 12.7. The normalized spacial score (nSPS) is 12.9. The number of rotatable bonds is 11. The Kier molecular flexibility index (Phi) is 8.93. The molecule has 2 atom stereocenters. The third-order valence-corrected chi connectivity index (χ3v) is 3.63. The zero-order chi connectivity index (χ0) is 20.4. The Hall–Kier alpha value is -2.95. The van der Waals surface area contributed by atoms with Gasteiger partial charge in [-0.05, 0) is 12.3 Å². The molecule has 1 rings (SSSR count). The number of nitrogens with two attached hydrogens (primary N) is 2. The minimum Gasteiger partial charge on any atom is -0.368 e. The van der Waals surface area contributed by atoms with Crippen LogP contribution in [-0.2, 0) is 25.6 Å². The predicted molar refractivity (Wildman–Crippen MR) is 96.9 cm³/mol. The molecule has 0 spiro atoms. The van der Waals surface area contributed by atoms with Crippen LogP contribution in [0.1, 0.15) is 26.0 Å². The first-order valence-corrected chi connectivity index (χ1v) is 8.56. The van der Waals surface area contributed by atoms with E-state index in [1.165, 1.54) is 12.5 Å². The van der Waals surface area contributed by atoms with Gasteiger partial charge >= 0.3 is 0 Å². The standard InChI is InChI=1S/C16H27N7O4/c1-9(2)3-11(15(18)26)23-16(27)12(4-10-6-19-8-21-10)22-14(25)7-20-13(24)5-17/h6,8-9,11-12H,3-5,7,17H2,1-2H3,(H2,18,26)(H,19,21)(H,20,24)(H,22,25)(H,23,27)/t11-,12-/m0/s1. The predicted octanol–water partition coefficient (Wildman–Crippen LogP) is -2.47. The fourth-order valence-electron chi connectivity index (χ4n) is 2.31. The van der Waals surface area contributed by atoms with Crippen LogP contribution in [0.25, 0.3) is 0 Å². The van der Waals surface area contributed by atoms with Gasteiger partial charge in [0, 0.05) is 18.3 Å². The van der Waals surface area contributed by atoms with Gasteiger partial charge in [-0.15, -0.1) is 0 Å².